The summed E-state index contributed by atoms with van der Waals surface area (Å²) < 4.78 is 31.3. The Morgan fingerprint density at radius 1 is 0.824 bits per heavy atom. The van der Waals surface area contributed by atoms with E-state index < -0.39 is 17.3 Å². The summed E-state index contributed by atoms with van der Waals surface area (Å²) in [6.45, 7) is 0. The van der Waals surface area contributed by atoms with Crippen LogP contribution in [-0.4, -0.2) is 0 Å². The predicted molar refractivity (Wildman–Crippen MR) is 59.9 cm³/mol. The van der Waals surface area contributed by atoms with Gasteiger partial charge >= 0.3 is 5.63 Å². The summed E-state index contributed by atoms with van der Waals surface area (Å²) in [7, 11) is 0. The van der Waals surface area contributed by atoms with Crippen LogP contribution in [0, 0.1) is 11.6 Å². The first-order valence-corrected chi connectivity index (χ1v) is 4.97. The number of hydrogen-bond acceptors (Lipinski definition) is 2. The first-order valence-electron chi connectivity index (χ1n) is 4.97. The fraction of sp³-hybridized carbons (Fsp3) is 0. The van der Waals surface area contributed by atoms with Crippen molar-refractivity contribution in [1.29, 1.82) is 0 Å². The Labute approximate surface area is 94.1 Å². The van der Waals surface area contributed by atoms with Crippen molar-refractivity contribution in [2.24, 2.45) is 0 Å². The number of fused-ring (bicyclic) bond motifs is 3. The van der Waals surface area contributed by atoms with Crippen LogP contribution in [0.4, 0.5) is 8.78 Å². The van der Waals surface area contributed by atoms with E-state index >= 15 is 0 Å². The van der Waals surface area contributed by atoms with Crippen molar-refractivity contribution in [2.45, 2.75) is 0 Å². The molecule has 0 fully saturated rings. The molecule has 0 amide bonds. The molecular weight excluding hydrogens is 226 g/mol. The third-order valence-corrected chi connectivity index (χ3v) is 2.64. The minimum absolute atomic E-state index is 0.240. The number of benzene rings is 2. The topological polar surface area (TPSA) is 30.2 Å². The molecule has 0 bridgehead atoms. The average Bonchev–Trinajstić information content (AvgIpc) is 2.30. The molecule has 0 saturated carbocycles. The minimum atomic E-state index is -0.556. The molecule has 0 radical (unpaired) electrons. The van der Waals surface area contributed by atoms with Crippen LogP contribution in [0.5, 0.6) is 0 Å². The molecule has 2 aromatic carbocycles. The minimum Gasteiger partial charge on any atom is -0.422 e. The summed E-state index contributed by atoms with van der Waals surface area (Å²) in [6, 6.07) is 7.48. The summed E-state index contributed by atoms with van der Waals surface area (Å²) in [6.07, 6.45) is 0. The Hall–Kier alpha value is -2.23. The van der Waals surface area contributed by atoms with Crippen molar-refractivity contribution in [3.05, 3.63) is 58.5 Å². The average molecular weight is 232 g/mol. The second-order valence-electron chi connectivity index (χ2n) is 3.72. The molecule has 0 aliphatic carbocycles. The first kappa shape index (κ1) is 9.96. The van der Waals surface area contributed by atoms with Crippen LogP contribution in [0.2, 0.25) is 0 Å². The Morgan fingerprint density at radius 3 is 2.24 bits per heavy atom. The summed E-state index contributed by atoms with van der Waals surface area (Å²) in [5.41, 5.74) is -0.311. The highest BCUT2D eigenvalue weighted by molar-refractivity contribution is 6.04. The summed E-state index contributed by atoms with van der Waals surface area (Å²) in [5, 5.41) is 0.986. The van der Waals surface area contributed by atoms with Gasteiger partial charge in [-0.3, -0.25) is 0 Å². The molecule has 1 heterocycles. The number of rotatable bonds is 0. The molecule has 3 aromatic rings. The van der Waals surface area contributed by atoms with E-state index in [9.17, 15) is 13.6 Å². The highest BCUT2D eigenvalue weighted by Gasteiger charge is 2.08. The second-order valence-corrected chi connectivity index (χ2v) is 3.72. The summed E-state index contributed by atoms with van der Waals surface area (Å²) in [4.78, 5) is 11.6. The zero-order chi connectivity index (χ0) is 12.0. The van der Waals surface area contributed by atoms with Crippen LogP contribution in [-0.2, 0) is 0 Å². The fourth-order valence-electron chi connectivity index (χ4n) is 1.87. The molecule has 2 nitrogen and oxygen atoms in total. The molecule has 0 spiro atoms. The van der Waals surface area contributed by atoms with Gasteiger partial charge in [-0.1, -0.05) is 0 Å². The van der Waals surface area contributed by atoms with Gasteiger partial charge in [0.25, 0.3) is 0 Å². The normalized spacial score (nSPS) is 11.2. The van der Waals surface area contributed by atoms with E-state index in [1.807, 2.05) is 0 Å². The molecule has 3 rings (SSSR count). The molecule has 84 valence electrons. The monoisotopic (exact) mass is 232 g/mol. The van der Waals surface area contributed by atoms with Crippen molar-refractivity contribution in [1.82, 2.24) is 0 Å². The van der Waals surface area contributed by atoms with Crippen molar-refractivity contribution >= 4 is 21.7 Å². The fourth-order valence-corrected chi connectivity index (χ4v) is 1.87. The van der Waals surface area contributed by atoms with Crippen LogP contribution in [0.1, 0.15) is 0 Å². The van der Waals surface area contributed by atoms with Crippen molar-refractivity contribution in [3.8, 4) is 0 Å². The summed E-state index contributed by atoms with van der Waals surface area (Å²) in [5.74, 6) is -0.939. The highest BCUT2D eigenvalue weighted by atomic mass is 19.1. The molecule has 0 N–H and O–H groups in total. The van der Waals surface area contributed by atoms with Gasteiger partial charge in [-0.05, 0) is 36.4 Å². The van der Waals surface area contributed by atoms with E-state index in [4.69, 9.17) is 4.42 Å². The van der Waals surface area contributed by atoms with E-state index in [0.717, 1.165) is 0 Å². The predicted octanol–water partition coefficient (Wildman–Crippen LogP) is 3.22. The number of hydrogen-bond donors (Lipinski definition) is 0. The Balaban J connectivity index is 2.64. The van der Waals surface area contributed by atoms with E-state index in [1.165, 1.54) is 36.4 Å². The van der Waals surface area contributed by atoms with Crippen molar-refractivity contribution in [2.75, 3.05) is 0 Å². The van der Waals surface area contributed by atoms with Crippen LogP contribution in [0.15, 0.2) is 45.6 Å². The second kappa shape index (κ2) is 3.38. The van der Waals surface area contributed by atoms with Crippen molar-refractivity contribution in [3.63, 3.8) is 0 Å². The van der Waals surface area contributed by atoms with Gasteiger partial charge in [0.2, 0.25) is 0 Å². The van der Waals surface area contributed by atoms with Crippen molar-refractivity contribution < 1.29 is 13.2 Å². The smallest absolute Gasteiger partial charge is 0.344 e. The zero-order valence-corrected chi connectivity index (χ0v) is 8.54. The van der Waals surface area contributed by atoms with Gasteiger partial charge < -0.3 is 4.42 Å². The Kier molecular flexibility index (Phi) is 1.98. The van der Waals surface area contributed by atoms with Gasteiger partial charge in [-0.15, -0.1) is 0 Å². The Bertz CT molecular complexity index is 790. The van der Waals surface area contributed by atoms with Gasteiger partial charge in [-0.2, -0.15) is 0 Å². The molecule has 1 aromatic heterocycles. The van der Waals surface area contributed by atoms with Crippen LogP contribution in [0.3, 0.4) is 0 Å². The quantitative estimate of drug-likeness (QED) is 0.440. The largest absolute Gasteiger partial charge is 0.422 e. The highest BCUT2D eigenvalue weighted by Crippen LogP contribution is 2.24. The molecule has 0 atom stereocenters. The molecule has 17 heavy (non-hydrogen) atoms. The number of halogens is 2. The molecule has 0 unspecified atom stereocenters. The van der Waals surface area contributed by atoms with Gasteiger partial charge in [0.05, 0.1) is 5.39 Å². The molecule has 0 aliphatic rings. The van der Waals surface area contributed by atoms with E-state index in [1.54, 1.807) is 0 Å². The maximum absolute atomic E-state index is 13.2. The third-order valence-electron chi connectivity index (χ3n) is 2.64. The van der Waals surface area contributed by atoms with E-state index in [2.05, 4.69) is 0 Å². The van der Waals surface area contributed by atoms with Gasteiger partial charge in [0.15, 0.2) is 0 Å². The molecule has 0 saturated heterocycles. The molecule has 0 aliphatic heterocycles. The summed E-state index contributed by atoms with van der Waals surface area (Å²) >= 11 is 0. The van der Waals surface area contributed by atoms with Crippen LogP contribution in [0.25, 0.3) is 21.7 Å². The zero-order valence-electron chi connectivity index (χ0n) is 8.54. The maximum Gasteiger partial charge on any atom is 0.344 e. The first-order chi connectivity index (χ1) is 8.15. The van der Waals surface area contributed by atoms with Gasteiger partial charge in [-0.25, -0.2) is 13.6 Å². The Morgan fingerprint density at radius 2 is 1.47 bits per heavy atom. The lowest BCUT2D eigenvalue weighted by Crippen LogP contribution is -2.00. The van der Waals surface area contributed by atoms with E-state index in [-0.39, 0.29) is 11.0 Å². The van der Waals surface area contributed by atoms with Gasteiger partial charge in [0, 0.05) is 10.8 Å². The molecular formula is C13H6F2O2. The third kappa shape index (κ3) is 1.49. The van der Waals surface area contributed by atoms with Gasteiger partial charge in [0.1, 0.15) is 17.2 Å². The van der Waals surface area contributed by atoms with E-state index in [0.29, 0.717) is 10.8 Å². The van der Waals surface area contributed by atoms with Crippen LogP contribution < -0.4 is 5.63 Å². The van der Waals surface area contributed by atoms with Crippen LogP contribution >= 0.6 is 0 Å². The maximum atomic E-state index is 13.2. The lowest BCUT2D eigenvalue weighted by Gasteiger charge is -2.02. The lowest BCUT2D eigenvalue weighted by molar-refractivity contribution is 0.566. The molecule has 4 heteroatoms. The standard InChI is InChI=1S/C13H6F2O2/c14-7-1-3-9-10(5-7)11-6-8(15)2-4-12(11)17-13(9)16/h1-6H. The lowest BCUT2D eigenvalue weighted by atomic mass is 10.1. The SMILES string of the molecule is O=c1oc2ccc(F)cc2c2cc(F)ccc12.